The molecule has 0 unspecified atom stereocenters. The molecule has 5 nitrogen and oxygen atoms in total. The van der Waals surface area contributed by atoms with Gasteiger partial charge >= 0.3 is 0 Å². The average Bonchev–Trinajstić information content (AvgIpc) is 2.74. The molecule has 2 aromatic carbocycles. The molecule has 28 heavy (non-hydrogen) atoms. The molecule has 6 heteroatoms. The predicted molar refractivity (Wildman–Crippen MR) is 114 cm³/mol. The Hall–Kier alpha value is -2.21. The minimum absolute atomic E-state index is 0.706. The van der Waals surface area contributed by atoms with Gasteiger partial charge < -0.3 is 9.64 Å². The fourth-order valence-corrected chi connectivity index (χ4v) is 3.71. The van der Waals surface area contributed by atoms with Crippen molar-refractivity contribution in [3.05, 3.63) is 64.9 Å². The van der Waals surface area contributed by atoms with Gasteiger partial charge in [0.25, 0.3) is 0 Å². The zero-order valence-electron chi connectivity index (χ0n) is 16.1. The lowest BCUT2D eigenvalue weighted by Crippen LogP contribution is -2.37. The van der Waals surface area contributed by atoms with Crippen molar-refractivity contribution in [1.29, 1.82) is 0 Å². The van der Waals surface area contributed by atoms with Crippen LogP contribution in [0.2, 0.25) is 5.02 Å². The number of aromatic nitrogens is 2. The van der Waals surface area contributed by atoms with Crippen LogP contribution < -0.4 is 4.90 Å². The second-order valence-corrected chi connectivity index (χ2v) is 7.45. The maximum atomic E-state index is 6.26. The highest BCUT2D eigenvalue weighted by Crippen LogP contribution is 2.28. The largest absolute Gasteiger partial charge is 0.378 e. The molecule has 1 aliphatic rings. The molecule has 0 radical (unpaired) electrons. The van der Waals surface area contributed by atoms with Gasteiger partial charge in [0, 0.05) is 30.0 Å². The van der Waals surface area contributed by atoms with Crippen molar-refractivity contribution in [2.45, 2.75) is 20.0 Å². The third-order valence-electron chi connectivity index (χ3n) is 5.06. The number of morpholine rings is 1. The van der Waals surface area contributed by atoms with Gasteiger partial charge in [-0.05, 0) is 30.3 Å². The van der Waals surface area contributed by atoms with Gasteiger partial charge in [0.15, 0.2) is 0 Å². The van der Waals surface area contributed by atoms with Gasteiger partial charge in [-0.25, -0.2) is 9.97 Å². The summed E-state index contributed by atoms with van der Waals surface area (Å²) < 4.78 is 5.52. The van der Waals surface area contributed by atoms with Gasteiger partial charge in [-0.2, -0.15) is 0 Å². The second kappa shape index (κ2) is 8.86. The first-order valence-corrected chi connectivity index (χ1v) is 10.2. The summed E-state index contributed by atoms with van der Waals surface area (Å²) in [6.07, 6.45) is 0. The number of hydrogen-bond donors (Lipinski definition) is 0. The van der Waals surface area contributed by atoms with Crippen molar-refractivity contribution in [2.24, 2.45) is 0 Å². The van der Waals surface area contributed by atoms with E-state index in [1.807, 2.05) is 24.3 Å². The number of halogens is 1. The summed E-state index contributed by atoms with van der Waals surface area (Å²) in [6, 6.07) is 16.4. The van der Waals surface area contributed by atoms with E-state index in [1.165, 1.54) is 5.56 Å². The lowest BCUT2D eigenvalue weighted by molar-refractivity contribution is 0.122. The van der Waals surface area contributed by atoms with Crippen molar-refractivity contribution in [1.82, 2.24) is 14.9 Å². The Morgan fingerprint density at radius 1 is 1.04 bits per heavy atom. The van der Waals surface area contributed by atoms with E-state index in [1.54, 1.807) is 0 Å². The quantitative estimate of drug-likeness (QED) is 0.626. The molecule has 3 aromatic rings. The fraction of sp³-hybridized carbons (Fsp3) is 0.364. The highest BCUT2D eigenvalue weighted by Gasteiger charge is 2.18. The van der Waals surface area contributed by atoms with Crippen molar-refractivity contribution in [3.8, 4) is 0 Å². The standard InChI is InChI=1S/C22H25ClN4O/c1-2-26(15-17-6-4-3-5-7-17)16-21-24-20-9-8-18(23)14-19(20)22(25-21)27-10-12-28-13-11-27/h3-9,14H,2,10-13,15-16H2,1H3. The van der Waals surface area contributed by atoms with Crippen molar-refractivity contribution in [2.75, 3.05) is 37.7 Å². The van der Waals surface area contributed by atoms with Crippen molar-refractivity contribution >= 4 is 28.3 Å². The summed E-state index contributed by atoms with van der Waals surface area (Å²) in [5.74, 6) is 1.80. The first kappa shape index (κ1) is 19.1. The lowest BCUT2D eigenvalue weighted by Gasteiger charge is -2.29. The van der Waals surface area contributed by atoms with E-state index in [4.69, 9.17) is 26.3 Å². The van der Waals surface area contributed by atoms with Gasteiger partial charge in [0.2, 0.25) is 0 Å². The number of rotatable bonds is 6. The number of ether oxygens (including phenoxy) is 1. The zero-order valence-corrected chi connectivity index (χ0v) is 16.9. The van der Waals surface area contributed by atoms with E-state index in [0.717, 1.165) is 61.9 Å². The normalized spacial score (nSPS) is 14.8. The summed E-state index contributed by atoms with van der Waals surface area (Å²) in [7, 11) is 0. The zero-order chi connectivity index (χ0) is 19.3. The molecule has 1 aromatic heterocycles. The smallest absolute Gasteiger partial charge is 0.145 e. The molecule has 4 rings (SSSR count). The summed E-state index contributed by atoms with van der Waals surface area (Å²) >= 11 is 6.26. The van der Waals surface area contributed by atoms with Crippen LogP contribution in [0.1, 0.15) is 18.3 Å². The maximum Gasteiger partial charge on any atom is 0.145 e. The minimum atomic E-state index is 0.706. The Labute approximate surface area is 170 Å². The van der Waals surface area contributed by atoms with E-state index in [0.29, 0.717) is 11.6 Å². The second-order valence-electron chi connectivity index (χ2n) is 7.01. The highest BCUT2D eigenvalue weighted by atomic mass is 35.5. The Balaban J connectivity index is 1.65. The molecule has 1 fully saturated rings. The van der Waals surface area contributed by atoms with Crippen LogP contribution in [-0.2, 0) is 17.8 Å². The Bertz CT molecular complexity index is 928. The molecule has 2 heterocycles. The number of benzene rings is 2. The van der Waals surface area contributed by atoms with Crippen LogP contribution in [0.4, 0.5) is 5.82 Å². The van der Waals surface area contributed by atoms with Gasteiger partial charge in [0.05, 0.1) is 25.3 Å². The molecule has 0 N–H and O–H groups in total. The molecule has 1 aliphatic heterocycles. The Kier molecular flexibility index (Phi) is 6.05. The molecule has 0 bridgehead atoms. The van der Waals surface area contributed by atoms with E-state index in [9.17, 15) is 0 Å². The predicted octanol–water partition coefficient (Wildman–Crippen LogP) is 4.14. The summed E-state index contributed by atoms with van der Waals surface area (Å²) in [4.78, 5) is 14.4. The summed E-state index contributed by atoms with van der Waals surface area (Å²) in [5.41, 5.74) is 2.23. The molecular weight excluding hydrogens is 372 g/mol. The molecule has 0 atom stereocenters. The van der Waals surface area contributed by atoms with Crippen LogP contribution in [0, 0.1) is 0 Å². The molecule has 146 valence electrons. The molecular formula is C22H25ClN4O. The van der Waals surface area contributed by atoms with Crippen LogP contribution in [0.25, 0.3) is 10.9 Å². The van der Waals surface area contributed by atoms with Crippen LogP contribution in [-0.4, -0.2) is 47.7 Å². The number of anilines is 1. The third kappa shape index (κ3) is 4.43. The first-order chi connectivity index (χ1) is 13.7. The van der Waals surface area contributed by atoms with E-state index in [2.05, 4.69) is 41.0 Å². The summed E-state index contributed by atoms with van der Waals surface area (Å²) in [6.45, 7) is 7.80. The Morgan fingerprint density at radius 2 is 1.82 bits per heavy atom. The van der Waals surface area contributed by atoms with Gasteiger partial charge in [-0.3, -0.25) is 4.90 Å². The summed E-state index contributed by atoms with van der Waals surface area (Å²) in [5, 5.41) is 1.71. The molecule has 0 spiro atoms. The van der Waals surface area contributed by atoms with E-state index >= 15 is 0 Å². The first-order valence-electron chi connectivity index (χ1n) is 9.78. The highest BCUT2D eigenvalue weighted by molar-refractivity contribution is 6.31. The average molecular weight is 397 g/mol. The number of hydrogen-bond acceptors (Lipinski definition) is 5. The van der Waals surface area contributed by atoms with Crippen LogP contribution in [0.3, 0.4) is 0 Å². The fourth-order valence-electron chi connectivity index (χ4n) is 3.54. The third-order valence-corrected chi connectivity index (χ3v) is 5.29. The number of fused-ring (bicyclic) bond motifs is 1. The van der Waals surface area contributed by atoms with Crippen LogP contribution >= 0.6 is 11.6 Å². The van der Waals surface area contributed by atoms with Crippen LogP contribution in [0.5, 0.6) is 0 Å². The van der Waals surface area contributed by atoms with Crippen LogP contribution in [0.15, 0.2) is 48.5 Å². The van der Waals surface area contributed by atoms with Gasteiger partial charge in [-0.15, -0.1) is 0 Å². The molecule has 1 saturated heterocycles. The van der Waals surface area contributed by atoms with E-state index < -0.39 is 0 Å². The molecule has 0 saturated carbocycles. The minimum Gasteiger partial charge on any atom is -0.378 e. The lowest BCUT2D eigenvalue weighted by atomic mass is 10.2. The molecule has 0 amide bonds. The number of nitrogens with zero attached hydrogens (tertiary/aromatic N) is 4. The van der Waals surface area contributed by atoms with E-state index in [-0.39, 0.29) is 0 Å². The SMILES string of the molecule is CCN(Cc1ccccc1)Cc1nc(N2CCOCC2)c2cc(Cl)ccc2n1. The van der Waals surface area contributed by atoms with Crippen molar-refractivity contribution in [3.63, 3.8) is 0 Å². The Morgan fingerprint density at radius 3 is 2.57 bits per heavy atom. The van der Waals surface area contributed by atoms with Gasteiger partial charge in [-0.1, -0.05) is 48.9 Å². The van der Waals surface area contributed by atoms with Crippen molar-refractivity contribution < 1.29 is 4.74 Å². The van der Waals surface area contributed by atoms with Gasteiger partial charge in [0.1, 0.15) is 11.6 Å². The maximum absolute atomic E-state index is 6.26. The molecule has 0 aliphatic carbocycles. The topological polar surface area (TPSA) is 41.5 Å². The monoisotopic (exact) mass is 396 g/mol.